The van der Waals surface area contributed by atoms with Gasteiger partial charge in [0.1, 0.15) is 17.4 Å². The number of piperazine rings is 1. The van der Waals surface area contributed by atoms with Gasteiger partial charge in [0, 0.05) is 48.2 Å². The maximum atomic E-state index is 11.4. The Bertz CT molecular complexity index is 1360. The number of ether oxygens (including phenoxy) is 2. The quantitative estimate of drug-likeness (QED) is 0.314. The number of carbonyl (C=O) groups excluding carboxylic acids is 1. The zero-order valence-corrected chi connectivity index (χ0v) is 22.6. The average molecular weight is 549 g/mol. The van der Waals surface area contributed by atoms with E-state index < -0.39 is 5.91 Å². The number of benzene rings is 2. The van der Waals surface area contributed by atoms with Crippen molar-refractivity contribution in [1.82, 2.24) is 19.9 Å². The highest BCUT2D eigenvalue weighted by Gasteiger charge is 2.21. The summed E-state index contributed by atoms with van der Waals surface area (Å²) in [6.07, 6.45) is 3.65. The molecule has 1 aliphatic rings. The fraction of sp³-hybridized carbons (Fsp3) is 0.259. The van der Waals surface area contributed by atoms with Crippen LogP contribution in [0.25, 0.3) is 0 Å². The lowest BCUT2D eigenvalue weighted by Gasteiger charge is -2.34. The minimum absolute atomic E-state index is 0.337. The molecule has 9 nitrogen and oxygen atoms in total. The van der Waals surface area contributed by atoms with Crippen LogP contribution in [0, 0.1) is 0 Å². The number of hydrogen-bond donors (Lipinski definition) is 1. The Kier molecular flexibility index (Phi) is 8.37. The lowest BCUT2D eigenvalue weighted by Crippen LogP contribution is -2.46. The number of anilines is 1. The van der Waals surface area contributed by atoms with Crippen LogP contribution in [0.5, 0.6) is 11.6 Å². The van der Waals surface area contributed by atoms with Crippen LogP contribution in [0.1, 0.15) is 20.9 Å². The Morgan fingerprint density at radius 2 is 1.92 bits per heavy atom. The molecule has 4 aromatic rings. The number of primary amides is 1. The SMILES string of the molecule is COc1cccc(COc2nc(N3CCN(Cc4nccs4)CC3)ncc2Sc2ccc(C(N)=O)cc2)c1. The molecule has 11 heteroatoms. The first kappa shape index (κ1) is 26.0. The molecule has 2 aromatic heterocycles. The van der Waals surface area contributed by atoms with Crippen LogP contribution in [0.15, 0.2) is 76.1 Å². The van der Waals surface area contributed by atoms with Crippen LogP contribution in [0.3, 0.4) is 0 Å². The maximum absolute atomic E-state index is 11.4. The smallest absolute Gasteiger partial charge is 0.248 e. The number of amides is 1. The number of hydrogen-bond acceptors (Lipinski definition) is 10. The van der Waals surface area contributed by atoms with Gasteiger partial charge in [-0.05, 0) is 42.0 Å². The van der Waals surface area contributed by atoms with Gasteiger partial charge in [-0.25, -0.2) is 9.97 Å². The Hall–Kier alpha value is -3.67. The van der Waals surface area contributed by atoms with Gasteiger partial charge in [-0.1, -0.05) is 23.9 Å². The van der Waals surface area contributed by atoms with Gasteiger partial charge in [0.25, 0.3) is 0 Å². The zero-order chi connectivity index (χ0) is 26.3. The van der Waals surface area contributed by atoms with E-state index in [-0.39, 0.29) is 0 Å². The summed E-state index contributed by atoms with van der Waals surface area (Å²) in [6, 6.07) is 14.9. The fourth-order valence-corrected chi connectivity index (χ4v) is 5.51. The van der Waals surface area contributed by atoms with Gasteiger partial charge in [0.2, 0.25) is 17.7 Å². The Morgan fingerprint density at radius 1 is 1.11 bits per heavy atom. The number of methoxy groups -OCH3 is 1. The first-order valence-electron chi connectivity index (χ1n) is 12.1. The van der Waals surface area contributed by atoms with E-state index in [0.29, 0.717) is 24.0 Å². The summed E-state index contributed by atoms with van der Waals surface area (Å²) in [6.45, 7) is 4.66. The third kappa shape index (κ3) is 6.60. The first-order valence-corrected chi connectivity index (χ1v) is 13.8. The molecule has 2 aromatic carbocycles. The van der Waals surface area contributed by atoms with E-state index in [1.54, 1.807) is 36.8 Å². The van der Waals surface area contributed by atoms with E-state index in [4.69, 9.17) is 20.2 Å². The van der Waals surface area contributed by atoms with Crippen LogP contribution in [0.4, 0.5) is 5.95 Å². The molecule has 0 atom stereocenters. The maximum Gasteiger partial charge on any atom is 0.248 e. The molecule has 196 valence electrons. The Labute approximate surface area is 229 Å². The van der Waals surface area contributed by atoms with Crippen LogP contribution >= 0.6 is 23.1 Å². The Balaban J connectivity index is 1.32. The highest BCUT2D eigenvalue weighted by molar-refractivity contribution is 7.99. The fourth-order valence-electron chi connectivity index (χ4n) is 4.03. The van der Waals surface area contributed by atoms with Gasteiger partial charge in [0.05, 0.1) is 24.7 Å². The highest BCUT2D eigenvalue weighted by atomic mass is 32.2. The monoisotopic (exact) mass is 548 g/mol. The summed E-state index contributed by atoms with van der Waals surface area (Å²) in [5, 5.41) is 3.14. The number of aromatic nitrogens is 3. The van der Waals surface area contributed by atoms with Crippen molar-refractivity contribution in [2.45, 2.75) is 22.9 Å². The second-order valence-corrected chi connectivity index (χ2v) is 10.8. The molecule has 0 saturated carbocycles. The summed E-state index contributed by atoms with van der Waals surface area (Å²) in [4.78, 5) is 31.6. The minimum atomic E-state index is -0.455. The number of rotatable bonds is 10. The van der Waals surface area contributed by atoms with E-state index in [2.05, 4.69) is 19.8 Å². The van der Waals surface area contributed by atoms with Crippen LogP contribution in [-0.2, 0) is 13.2 Å². The van der Waals surface area contributed by atoms with Gasteiger partial charge < -0.3 is 20.1 Å². The number of thiazole rings is 1. The number of nitrogens with two attached hydrogens (primary N) is 1. The summed E-state index contributed by atoms with van der Waals surface area (Å²) < 4.78 is 11.6. The molecule has 1 aliphatic heterocycles. The molecule has 1 fully saturated rings. The normalized spacial score (nSPS) is 13.9. The summed E-state index contributed by atoms with van der Waals surface area (Å²) in [7, 11) is 1.64. The topological polar surface area (TPSA) is 107 Å². The van der Waals surface area contributed by atoms with E-state index >= 15 is 0 Å². The van der Waals surface area contributed by atoms with Crippen molar-refractivity contribution in [3.63, 3.8) is 0 Å². The molecular weight excluding hydrogens is 520 g/mol. The molecule has 0 bridgehead atoms. The van der Waals surface area contributed by atoms with Crippen molar-refractivity contribution in [2.75, 3.05) is 38.2 Å². The number of nitrogens with zero attached hydrogens (tertiary/aromatic N) is 5. The molecule has 0 unspecified atom stereocenters. The van der Waals surface area contributed by atoms with Gasteiger partial charge >= 0.3 is 0 Å². The molecule has 5 rings (SSSR count). The van der Waals surface area contributed by atoms with Crippen LogP contribution in [0.2, 0.25) is 0 Å². The average Bonchev–Trinajstić information content (AvgIpc) is 3.46. The zero-order valence-electron chi connectivity index (χ0n) is 20.9. The van der Waals surface area contributed by atoms with Crippen molar-refractivity contribution < 1.29 is 14.3 Å². The second kappa shape index (κ2) is 12.2. The van der Waals surface area contributed by atoms with Gasteiger partial charge in [-0.2, -0.15) is 4.98 Å². The second-order valence-electron chi connectivity index (χ2n) is 8.66. The largest absolute Gasteiger partial charge is 0.497 e. The van der Waals surface area contributed by atoms with Gasteiger partial charge in [0.15, 0.2) is 0 Å². The van der Waals surface area contributed by atoms with E-state index in [1.165, 1.54) is 11.8 Å². The minimum Gasteiger partial charge on any atom is -0.497 e. The molecule has 38 heavy (non-hydrogen) atoms. The molecule has 0 aliphatic carbocycles. The standard InChI is InChI=1S/C27H28N6O3S2/c1-35-21-4-2-3-19(15-21)18-36-26-23(38-22-7-5-20(6-8-22)25(28)34)16-30-27(31-26)33-12-10-32(11-13-33)17-24-29-9-14-37-24/h2-9,14-16H,10-13,17-18H2,1H3,(H2,28,34). The summed E-state index contributed by atoms with van der Waals surface area (Å²) >= 11 is 3.16. The molecule has 0 radical (unpaired) electrons. The lowest BCUT2D eigenvalue weighted by atomic mass is 10.2. The van der Waals surface area contributed by atoms with Crippen molar-refractivity contribution in [3.05, 3.63) is 82.4 Å². The molecule has 2 N–H and O–H groups in total. The summed E-state index contributed by atoms with van der Waals surface area (Å²) in [5.74, 6) is 1.47. The third-order valence-electron chi connectivity index (χ3n) is 6.08. The van der Waals surface area contributed by atoms with Crippen LogP contribution in [-0.4, -0.2) is 59.0 Å². The van der Waals surface area contributed by atoms with Crippen LogP contribution < -0.4 is 20.1 Å². The van der Waals surface area contributed by atoms with E-state index in [0.717, 1.165) is 58.8 Å². The van der Waals surface area contributed by atoms with Crippen molar-refractivity contribution in [1.29, 1.82) is 0 Å². The molecule has 1 amide bonds. The van der Waals surface area contributed by atoms with Crippen molar-refractivity contribution in [3.8, 4) is 11.6 Å². The molecule has 1 saturated heterocycles. The molecular formula is C27H28N6O3S2. The highest BCUT2D eigenvalue weighted by Crippen LogP contribution is 2.35. The molecule has 0 spiro atoms. The lowest BCUT2D eigenvalue weighted by molar-refractivity contribution is 0.1000. The van der Waals surface area contributed by atoms with Crippen molar-refractivity contribution >= 4 is 35.0 Å². The van der Waals surface area contributed by atoms with Crippen molar-refractivity contribution in [2.24, 2.45) is 5.73 Å². The predicted octanol–water partition coefficient (Wildman–Crippen LogP) is 4.09. The van der Waals surface area contributed by atoms with E-state index in [9.17, 15) is 4.79 Å². The van der Waals surface area contributed by atoms with Gasteiger partial charge in [-0.3, -0.25) is 9.69 Å². The third-order valence-corrected chi connectivity index (χ3v) is 7.86. The first-order chi connectivity index (χ1) is 18.6. The predicted molar refractivity (Wildman–Crippen MR) is 148 cm³/mol. The van der Waals surface area contributed by atoms with E-state index in [1.807, 2.05) is 48.0 Å². The molecule has 3 heterocycles. The number of carbonyl (C=O) groups is 1. The summed E-state index contributed by atoms with van der Waals surface area (Å²) in [5.41, 5.74) is 6.82. The van der Waals surface area contributed by atoms with Gasteiger partial charge in [-0.15, -0.1) is 11.3 Å². The Morgan fingerprint density at radius 3 is 2.63 bits per heavy atom.